The molecule has 114 valence electrons. The van der Waals surface area contributed by atoms with E-state index in [-0.39, 0.29) is 5.69 Å². The third kappa shape index (κ3) is 2.47. The fourth-order valence-electron chi connectivity index (χ4n) is 1.49. The third-order valence-electron chi connectivity index (χ3n) is 2.53. The van der Waals surface area contributed by atoms with Crippen molar-refractivity contribution < 1.29 is 36.2 Å². The van der Waals surface area contributed by atoms with Crippen LogP contribution in [0.2, 0.25) is 5.02 Å². The van der Waals surface area contributed by atoms with E-state index < -0.39 is 34.3 Å². The highest BCUT2D eigenvalue weighted by Gasteiger charge is 2.72. The lowest BCUT2D eigenvalue weighted by molar-refractivity contribution is -0.376. The van der Waals surface area contributed by atoms with Crippen LogP contribution >= 0.6 is 11.6 Å². The van der Waals surface area contributed by atoms with E-state index >= 15 is 0 Å². The summed E-state index contributed by atoms with van der Waals surface area (Å²) < 4.78 is 80.7. The minimum absolute atomic E-state index is 0.270. The monoisotopic (exact) mass is 323 g/mol. The molecule has 0 aliphatic rings. The lowest BCUT2D eigenvalue weighted by atomic mass is 9.91. The molecule has 20 heavy (non-hydrogen) atoms. The first-order chi connectivity index (χ1) is 8.86. The van der Waals surface area contributed by atoms with E-state index in [1.54, 1.807) is 0 Å². The Hall–Kier alpha value is -1.35. The first-order valence-electron chi connectivity index (χ1n) is 4.85. The Morgan fingerprint density at radius 2 is 1.55 bits per heavy atom. The Kier molecular flexibility index (Phi) is 4.08. The Bertz CT molecular complexity index is 500. The molecule has 0 aliphatic carbocycles. The lowest BCUT2D eigenvalue weighted by Crippen LogP contribution is -2.54. The van der Waals surface area contributed by atoms with Gasteiger partial charge in [-0.05, 0) is 12.1 Å². The van der Waals surface area contributed by atoms with Crippen molar-refractivity contribution in [1.82, 2.24) is 0 Å². The van der Waals surface area contributed by atoms with Crippen LogP contribution in [0.1, 0.15) is 5.56 Å². The van der Waals surface area contributed by atoms with E-state index in [2.05, 4.69) is 4.74 Å². The predicted molar refractivity (Wildman–Crippen MR) is 58.4 cm³/mol. The second-order valence-corrected chi connectivity index (χ2v) is 4.19. The standard InChI is InChI=1S/C10H8ClF6NO2/c1-20-7-2-4(5(11)3-6(7)18)8(19,9(12,13)14)10(15,16)17/h2-3,19H,18H2,1H3. The van der Waals surface area contributed by atoms with E-state index in [0.29, 0.717) is 12.1 Å². The van der Waals surface area contributed by atoms with Crippen molar-refractivity contribution in [1.29, 1.82) is 0 Å². The van der Waals surface area contributed by atoms with Gasteiger partial charge in [0.15, 0.2) is 0 Å². The molecular weight excluding hydrogens is 316 g/mol. The van der Waals surface area contributed by atoms with E-state index in [1.807, 2.05) is 0 Å². The van der Waals surface area contributed by atoms with Gasteiger partial charge >= 0.3 is 12.4 Å². The normalized spacial score (nSPS) is 13.4. The largest absolute Gasteiger partial charge is 0.495 e. The van der Waals surface area contributed by atoms with Gasteiger partial charge in [-0.2, -0.15) is 26.3 Å². The number of anilines is 1. The zero-order valence-electron chi connectivity index (χ0n) is 9.73. The Morgan fingerprint density at radius 3 is 1.90 bits per heavy atom. The van der Waals surface area contributed by atoms with Crippen LogP contribution in [0, 0.1) is 0 Å². The molecular formula is C10H8ClF6NO2. The first-order valence-corrected chi connectivity index (χ1v) is 5.23. The van der Waals surface area contributed by atoms with Gasteiger partial charge in [-0.3, -0.25) is 0 Å². The van der Waals surface area contributed by atoms with Crippen molar-refractivity contribution in [2.75, 3.05) is 12.8 Å². The number of alkyl halides is 6. The molecule has 3 N–H and O–H groups in total. The lowest BCUT2D eigenvalue weighted by Gasteiger charge is -2.33. The zero-order valence-corrected chi connectivity index (χ0v) is 10.5. The molecule has 0 aromatic heterocycles. The molecule has 0 aliphatic heterocycles. The van der Waals surface area contributed by atoms with E-state index in [4.69, 9.17) is 17.3 Å². The van der Waals surface area contributed by atoms with Crippen molar-refractivity contribution in [3.8, 4) is 5.75 Å². The molecule has 1 aromatic rings. The number of hydrogen-bond acceptors (Lipinski definition) is 3. The van der Waals surface area contributed by atoms with Crippen LogP contribution in [0.15, 0.2) is 12.1 Å². The minimum Gasteiger partial charge on any atom is -0.495 e. The molecule has 1 rings (SSSR count). The molecule has 0 bridgehead atoms. The van der Waals surface area contributed by atoms with E-state index in [0.717, 1.165) is 7.11 Å². The van der Waals surface area contributed by atoms with Crippen LogP contribution in [0.4, 0.5) is 32.0 Å². The summed E-state index contributed by atoms with van der Waals surface area (Å²) in [5.74, 6) is -0.476. The first kappa shape index (κ1) is 16.7. The van der Waals surface area contributed by atoms with Crippen LogP contribution in [-0.2, 0) is 5.60 Å². The molecule has 0 spiro atoms. The average molecular weight is 324 g/mol. The number of halogens is 7. The zero-order chi connectivity index (χ0) is 15.9. The summed E-state index contributed by atoms with van der Waals surface area (Å²) in [6.45, 7) is 0. The minimum atomic E-state index is -6.03. The molecule has 10 heteroatoms. The fraction of sp³-hybridized carbons (Fsp3) is 0.400. The molecule has 0 fully saturated rings. The summed E-state index contributed by atoms with van der Waals surface area (Å²) in [6.07, 6.45) is -12.1. The van der Waals surface area contributed by atoms with Gasteiger partial charge in [-0.25, -0.2) is 0 Å². The summed E-state index contributed by atoms with van der Waals surface area (Å²) in [7, 11) is 0.990. The predicted octanol–water partition coefficient (Wildman–Crippen LogP) is 3.24. The summed E-state index contributed by atoms with van der Waals surface area (Å²) in [5.41, 5.74) is -1.70. The van der Waals surface area contributed by atoms with Crippen molar-refractivity contribution in [2.45, 2.75) is 18.0 Å². The SMILES string of the molecule is COc1cc(C(O)(C(F)(F)F)C(F)(F)F)c(Cl)cc1N. The number of rotatable bonds is 2. The smallest absolute Gasteiger partial charge is 0.430 e. The van der Waals surface area contributed by atoms with Gasteiger partial charge in [-0.15, -0.1) is 0 Å². The number of methoxy groups -OCH3 is 1. The van der Waals surface area contributed by atoms with E-state index in [9.17, 15) is 31.4 Å². The maximum atomic E-state index is 12.7. The molecule has 1 aromatic carbocycles. The molecule has 0 saturated heterocycles. The number of benzene rings is 1. The van der Waals surface area contributed by atoms with Crippen LogP contribution in [0.25, 0.3) is 0 Å². The molecule has 0 heterocycles. The number of nitrogen functional groups attached to an aromatic ring is 1. The van der Waals surface area contributed by atoms with Crippen LogP contribution in [0.3, 0.4) is 0 Å². The van der Waals surface area contributed by atoms with Crippen molar-refractivity contribution >= 4 is 17.3 Å². The highest BCUT2D eigenvalue weighted by atomic mass is 35.5. The van der Waals surface area contributed by atoms with Crippen LogP contribution < -0.4 is 10.5 Å². The molecule has 3 nitrogen and oxygen atoms in total. The number of nitrogens with two attached hydrogens (primary N) is 1. The third-order valence-corrected chi connectivity index (χ3v) is 2.84. The summed E-state index contributed by atoms with van der Waals surface area (Å²) >= 11 is 5.36. The van der Waals surface area contributed by atoms with Crippen molar-refractivity contribution in [3.63, 3.8) is 0 Å². The maximum absolute atomic E-state index is 12.7. The Morgan fingerprint density at radius 1 is 1.10 bits per heavy atom. The van der Waals surface area contributed by atoms with Crippen molar-refractivity contribution in [2.24, 2.45) is 0 Å². The van der Waals surface area contributed by atoms with Gasteiger partial charge in [0, 0.05) is 10.6 Å². The summed E-state index contributed by atoms with van der Waals surface area (Å²) in [5, 5.41) is 8.23. The average Bonchev–Trinajstić information content (AvgIpc) is 2.25. The van der Waals surface area contributed by atoms with Gasteiger partial charge in [0.1, 0.15) is 5.75 Å². The highest BCUT2D eigenvalue weighted by Crippen LogP contribution is 2.52. The topological polar surface area (TPSA) is 55.5 Å². The maximum Gasteiger partial charge on any atom is 0.430 e. The Balaban J connectivity index is 3.68. The number of aliphatic hydroxyl groups is 1. The van der Waals surface area contributed by atoms with Crippen LogP contribution in [0.5, 0.6) is 5.75 Å². The van der Waals surface area contributed by atoms with Gasteiger partial charge in [0.05, 0.1) is 12.8 Å². The molecule has 0 atom stereocenters. The fourth-order valence-corrected chi connectivity index (χ4v) is 1.80. The molecule has 0 amide bonds. The van der Waals surface area contributed by atoms with Gasteiger partial charge in [0.2, 0.25) is 0 Å². The second-order valence-electron chi connectivity index (χ2n) is 3.78. The quantitative estimate of drug-likeness (QED) is 0.649. The van der Waals surface area contributed by atoms with Gasteiger partial charge in [-0.1, -0.05) is 11.6 Å². The van der Waals surface area contributed by atoms with Gasteiger partial charge < -0.3 is 15.6 Å². The Labute approximate surface area is 113 Å². The molecule has 0 radical (unpaired) electrons. The number of hydrogen-bond donors (Lipinski definition) is 2. The van der Waals surface area contributed by atoms with Gasteiger partial charge in [0.25, 0.3) is 5.60 Å². The van der Waals surface area contributed by atoms with Crippen LogP contribution in [-0.4, -0.2) is 24.6 Å². The second kappa shape index (κ2) is 4.88. The highest BCUT2D eigenvalue weighted by molar-refractivity contribution is 6.31. The van der Waals surface area contributed by atoms with Crippen molar-refractivity contribution in [3.05, 3.63) is 22.7 Å². The summed E-state index contributed by atoms with van der Waals surface area (Å²) in [4.78, 5) is 0. The molecule has 0 unspecified atom stereocenters. The van der Waals surface area contributed by atoms with E-state index in [1.165, 1.54) is 0 Å². The summed E-state index contributed by atoms with van der Waals surface area (Å²) in [6, 6.07) is 0.941. The number of ether oxygens (including phenoxy) is 1. The molecule has 0 saturated carbocycles.